The lowest BCUT2D eigenvalue weighted by molar-refractivity contribution is 0.889. The summed E-state index contributed by atoms with van der Waals surface area (Å²) in [6.45, 7) is 10.6. The molecule has 0 unspecified atom stereocenters. The van der Waals surface area contributed by atoms with Gasteiger partial charge in [0.15, 0.2) is 0 Å². The lowest BCUT2D eigenvalue weighted by atomic mass is 10.1. The molecule has 0 aliphatic rings. The third kappa shape index (κ3) is 4.09. The van der Waals surface area contributed by atoms with Gasteiger partial charge in [-0.3, -0.25) is 0 Å². The van der Waals surface area contributed by atoms with Gasteiger partial charge in [-0.25, -0.2) is 0 Å². The molecule has 0 nitrogen and oxygen atoms in total. The van der Waals surface area contributed by atoms with Gasteiger partial charge in [0.05, 0.1) is 13.3 Å². The minimum absolute atomic E-state index is 0.486. The quantitative estimate of drug-likeness (QED) is 0.352. The maximum Gasteiger partial charge on any atom is 0.0798 e. The highest BCUT2D eigenvalue weighted by Crippen LogP contribution is 2.04. The first-order valence-corrected chi connectivity index (χ1v) is 2.17. The van der Waals surface area contributed by atoms with Gasteiger partial charge < -0.3 is 19.6 Å². The predicted octanol–water partition coefficient (Wildman–Crippen LogP) is 1.16. The van der Waals surface area contributed by atoms with Crippen LogP contribution in [0, 0.1) is 20.8 Å². The van der Waals surface area contributed by atoms with Crippen LogP contribution in [0.25, 0.3) is 0 Å². The topological polar surface area (TPSA) is 0 Å². The summed E-state index contributed by atoms with van der Waals surface area (Å²) >= 11 is 4.70. The summed E-state index contributed by atoms with van der Waals surface area (Å²) in [7, 11) is 0. The van der Waals surface area contributed by atoms with Gasteiger partial charge in [-0.1, -0.05) is 4.75 Å². The molecule has 0 heterocycles. The van der Waals surface area contributed by atoms with Crippen LogP contribution in [0.5, 0.6) is 0 Å². The van der Waals surface area contributed by atoms with Crippen molar-refractivity contribution in [1.82, 2.24) is 0 Å². The Balaban J connectivity index is 3.17. The van der Waals surface area contributed by atoms with Gasteiger partial charge in [0, 0.05) is 6.92 Å². The van der Waals surface area contributed by atoms with Crippen molar-refractivity contribution in [2.45, 2.75) is 11.2 Å². The fourth-order valence-corrected chi connectivity index (χ4v) is 0. The van der Waals surface area contributed by atoms with Crippen LogP contribution >= 0.6 is 0 Å². The first kappa shape index (κ1) is 6.09. The van der Waals surface area contributed by atoms with Crippen molar-refractivity contribution in [2.75, 3.05) is 0 Å². The summed E-state index contributed by atoms with van der Waals surface area (Å²) in [6.07, 6.45) is 0.613. The Hall–Kier alpha value is 0.0900. The second-order valence-corrected chi connectivity index (χ2v) is 2.30. The highest BCUT2D eigenvalue weighted by atomic mass is 32.1. The zero-order valence-electron chi connectivity index (χ0n) is 3.74. The minimum atomic E-state index is -0.486. The lowest BCUT2D eigenvalue weighted by Gasteiger charge is -2.25. The molecule has 0 aliphatic carbocycles. The van der Waals surface area contributed by atoms with Crippen molar-refractivity contribution in [1.29, 1.82) is 0 Å². The number of hydrogen-bond donors (Lipinski definition) is 0. The molecule has 0 saturated carbocycles. The third-order valence-electron chi connectivity index (χ3n) is 0.456. The van der Waals surface area contributed by atoms with Crippen molar-refractivity contribution in [2.24, 2.45) is 0 Å². The Bertz CT molecular complexity index is 33.7. The van der Waals surface area contributed by atoms with E-state index in [2.05, 4.69) is 20.8 Å². The molecule has 0 saturated heterocycles. The van der Waals surface area contributed by atoms with Gasteiger partial charge in [-0.2, -0.15) is 0 Å². The van der Waals surface area contributed by atoms with E-state index in [1.807, 2.05) is 0 Å². The fraction of sp³-hybridized carbons (Fsp3) is 0.400. The van der Waals surface area contributed by atoms with Gasteiger partial charge in [0.2, 0.25) is 0 Å². The molecule has 34 valence electrons. The van der Waals surface area contributed by atoms with Crippen LogP contribution in [0.1, 0.15) is 6.42 Å². The van der Waals surface area contributed by atoms with Crippen LogP contribution in [-0.2, 0) is 12.6 Å². The van der Waals surface area contributed by atoms with Gasteiger partial charge in [0.25, 0.3) is 0 Å². The Kier molecular flexibility index (Phi) is 1.72. The normalized spacial score (nSPS) is 19.7. The molecule has 0 radical (unpaired) electrons. The van der Waals surface area contributed by atoms with Gasteiger partial charge in [-0.05, 0) is 0 Å². The first-order chi connectivity index (χ1) is 2.56. The SMILES string of the molecule is [CH2+]CC([CH2+])([CH2-])[S-]. The van der Waals surface area contributed by atoms with E-state index >= 15 is 0 Å². The molecule has 0 rings (SSSR count). The van der Waals surface area contributed by atoms with Crippen molar-refractivity contribution in [3.63, 3.8) is 0 Å². The van der Waals surface area contributed by atoms with E-state index in [9.17, 15) is 0 Å². The van der Waals surface area contributed by atoms with Gasteiger partial charge >= 0.3 is 0 Å². The molecule has 0 spiro atoms. The predicted molar refractivity (Wildman–Crippen MR) is 30.8 cm³/mol. The zero-order valence-corrected chi connectivity index (χ0v) is 4.55. The van der Waals surface area contributed by atoms with Crippen molar-refractivity contribution in [3.05, 3.63) is 20.8 Å². The van der Waals surface area contributed by atoms with Gasteiger partial charge in [-0.15, -0.1) is 0 Å². The van der Waals surface area contributed by atoms with Gasteiger partial charge in [0.1, 0.15) is 0 Å². The first-order valence-electron chi connectivity index (χ1n) is 1.76. The molecule has 0 atom stereocenters. The van der Waals surface area contributed by atoms with E-state index in [4.69, 9.17) is 12.6 Å². The second-order valence-electron chi connectivity index (χ2n) is 1.43. The lowest BCUT2D eigenvalue weighted by Crippen LogP contribution is -2.13. The van der Waals surface area contributed by atoms with Crippen LogP contribution in [0.4, 0.5) is 0 Å². The molecule has 0 aromatic carbocycles. The van der Waals surface area contributed by atoms with Crippen molar-refractivity contribution < 1.29 is 0 Å². The van der Waals surface area contributed by atoms with E-state index in [0.717, 1.165) is 0 Å². The second kappa shape index (κ2) is 1.69. The van der Waals surface area contributed by atoms with Crippen LogP contribution in [0.3, 0.4) is 0 Å². The Labute approximate surface area is 45.4 Å². The highest BCUT2D eigenvalue weighted by molar-refractivity contribution is 7.60. The van der Waals surface area contributed by atoms with E-state index in [1.165, 1.54) is 0 Å². The molecule has 0 fully saturated rings. The maximum atomic E-state index is 4.70. The van der Waals surface area contributed by atoms with Crippen LogP contribution < -0.4 is 0 Å². The third-order valence-corrected chi connectivity index (χ3v) is 0.660. The summed E-state index contributed by atoms with van der Waals surface area (Å²) in [6, 6.07) is 0. The smallest absolute Gasteiger partial charge is 0.0798 e. The van der Waals surface area contributed by atoms with E-state index < -0.39 is 4.75 Å². The average Bonchev–Trinajstić information content (AvgIpc) is 1.35. The maximum absolute atomic E-state index is 4.70. The summed E-state index contributed by atoms with van der Waals surface area (Å²) < 4.78 is -0.486. The molecule has 0 bridgehead atoms. The monoisotopic (exact) mass is 100 g/mol. The summed E-state index contributed by atoms with van der Waals surface area (Å²) in [4.78, 5) is 0. The summed E-state index contributed by atoms with van der Waals surface area (Å²) in [5.41, 5.74) is 0. The summed E-state index contributed by atoms with van der Waals surface area (Å²) in [5, 5.41) is 0. The minimum Gasteiger partial charge on any atom is -0.767 e. The largest absolute Gasteiger partial charge is 0.767 e. The molecule has 1 heteroatoms. The van der Waals surface area contributed by atoms with Crippen LogP contribution in [0.15, 0.2) is 0 Å². The summed E-state index contributed by atoms with van der Waals surface area (Å²) in [5.74, 6) is 0. The van der Waals surface area contributed by atoms with Crippen LogP contribution in [0.2, 0.25) is 0 Å². The van der Waals surface area contributed by atoms with E-state index in [0.29, 0.717) is 6.42 Å². The van der Waals surface area contributed by atoms with Crippen LogP contribution in [-0.4, -0.2) is 4.75 Å². The molecule has 0 N–H and O–H groups in total. The Morgan fingerprint density at radius 2 is 2.00 bits per heavy atom. The number of rotatable bonds is 1. The standard InChI is InChI=1S/C5H8S/c1-4-5(2,3)6/h1-4H2. The molecule has 0 aromatic heterocycles. The van der Waals surface area contributed by atoms with Crippen molar-refractivity contribution >= 4 is 12.6 Å². The molecule has 0 amide bonds. The van der Waals surface area contributed by atoms with E-state index in [1.54, 1.807) is 0 Å². The average molecular weight is 100 g/mol. The van der Waals surface area contributed by atoms with E-state index in [-0.39, 0.29) is 0 Å². The number of hydrogen-bond acceptors (Lipinski definition) is 1. The van der Waals surface area contributed by atoms with Crippen molar-refractivity contribution in [3.8, 4) is 0 Å². The fourth-order valence-electron chi connectivity index (χ4n) is 0. The molecular weight excluding hydrogens is 92.1 g/mol. The molecule has 0 aliphatic heterocycles. The Morgan fingerprint density at radius 3 is 2.00 bits per heavy atom. The highest BCUT2D eigenvalue weighted by Gasteiger charge is 1.97. The Morgan fingerprint density at radius 1 is 1.83 bits per heavy atom. The zero-order chi connectivity index (χ0) is 5.21. The molecular formula is C5H8S. The molecule has 0 aromatic rings. The molecule has 6 heavy (non-hydrogen) atoms.